The highest BCUT2D eigenvalue weighted by atomic mass is 19.1. The second kappa shape index (κ2) is 5.22. The van der Waals surface area contributed by atoms with Gasteiger partial charge in [0.05, 0.1) is 12.1 Å². The topological polar surface area (TPSA) is 55.6 Å². The molecule has 0 amide bonds. The van der Waals surface area contributed by atoms with Crippen LogP contribution < -0.4 is 5.32 Å². The fourth-order valence-corrected chi connectivity index (χ4v) is 2.88. The average molecular weight is 295 g/mol. The Bertz CT molecular complexity index is 769. The molecular weight excluding hydrogens is 281 g/mol. The van der Waals surface area contributed by atoms with Crippen molar-refractivity contribution in [1.29, 1.82) is 0 Å². The minimum Gasteiger partial charge on any atom is -0.347 e. The predicted molar refractivity (Wildman–Crippen MR) is 79.8 cm³/mol. The van der Waals surface area contributed by atoms with Crippen LogP contribution in [0.4, 0.5) is 10.3 Å². The standard InChI is InChI=1S/C16H14FN5/c17-13-5-3-11(4-6-13)15-8-14(12-2-1-7-18-9-12)21-16-19-10-20-22(15)16/h1-7,9-10,14-15H,8H2,(H,19,20,21)/t14-,15+/m0/s1. The molecule has 2 aromatic heterocycles. The van der Waals surface area contributed by atoms with Gasteiger partial charge in [-0.15, -0.1) is 0 Å². The van der Waals surface area contributed by atoms with Crippen molar-refractivity contribution in [3.63, 3.8) is 0 Å². The summed E-state index contributed by atoms with van der Waals surface area (Å²) in [4.78, 5) is 8.45. The van der Waals surface area contributed by atoms with E-state index in [0.29, 0.717) is 0 Å². The van der Waals surface area contributed by atoms with Crippen LogP contribution >= 0.6 is 0 Å². The summed E-state index contributed by atoms with van der Waals surface area (Å²) in [5.74, 6) is 0.481. The Morgan fingerprint density at radius 3 is 2.77 bits per heavy atom. The molecule has 5 nitrogen and oxygen atoms in total. The Morgan fingerprint density at radius 2 is 2.00 bits per heavy atom. The normalized spacial score (nSPS) is 20.2. The summed E-state index contributed by atoms with van der Waals surface area (Å²) in [7, 11) is 0. The van der Waals surface area contributed by atoms with Gasteiger partial charge in [-0.25, -0.2) is 9.07 Å². The van der Waals surface area contributed by atoms with Gasteiger partial charge in [0.2, 0.25) is 5.95 Å². The van der Waals surface area contributed by atoms with Crippen LogP contribution in [0, 0.1) is 5.82 Å². The van der Waals surface area contributed by atoms with Crippen molar-refractivity contribution in [1.82, 2.24) is 19.7 Å². The van der Waals surface area contributed by atoms with Gasteiger partial charge in [0.25, 0.3) is 0 Å². The van der Waals surface area contributed by atoms with Crippen LogP contribution in [0.2, 0.25) is 0 Å². The predicted octanol–water partition coefficient (Wildman–Crippen LogP) is 2.96. The molecule has 0 radical (unpaired) electrons. The van der Waals surface area contributed by atoms with Gasteiger partial charge in [-0.05, 0) is 35.7 Å². The number of benzene rings is 1. The third-order valence-electron chi connectivity index (χ3n) is 3.97. The van der Waals surface area contributed by atoms with Crippen molar-refractivity contribution in [2.75, 3.05) is 5.32 Å². The minimum atomic E-state index is -0.236. The van der Waals surface area contributed by atoms with Crippen LogP contribution in [0.25, 0.3) is 0 Å². The molecule has 3 aromatic rings. The first-order chi connectivity index (χ1) is 10.8. The van der Waals surface area contributed by atoms with Crippen molar-refractivity contribution < 1.29 is 4.39 Å². The fraction of sp³-hybridized carbons (Fsp3) is 0.188. The fourth-order valence-electron chi connectivity index (χ4n) is 2.88. The van der Waals surface area contributed by atoms with Gasteiger partial charge in [0, 0.05) is 12.4 Å². The zero-order valence-electron chi connectivity index (χ0n) is 11.7. The van der Waals surface area contributed by atoms with Crippen molar-refractivity contribution in [3.05, 3.63) is 72.1 Å². The highest BCUT2D eigenvalue weighted by Gasteiger charge is 2.29. The molecule has 0 spiro atoms. The van der Waals surface area contributed by atoms with Gasteiger partial charge in [0.1, 0.15) is 12.1 Å². The van der Waals surface area contributed by atoms with Crippen molar-refractivity contribution in [2.24, 2.45) is 0 Å². The molecule has 0 fully saturated rings. The number of nitrogens with one attached hydrogen (secondary N) is 1. The third-order valence-corrected chi connectivity index (χ3v) is 3.97. The number of hydrogen-bond donors (Lipinski definition) is 1. The SMILES string of the molecule is Fc1ccc([C@H]2C[C@@H](c3cccnc3)Nc3ncnn32)cc1. The number of hydrogen-bond acceptors (Lipinski definition) is 4. The number of fused-ring (bicyclic) bond motifs is 1. The molecule has 2 atom stereocenters. The monoisotopic (exact) mass is 295 g/mol. The van der Waals surface area contributed by atoms with Gasteiger partial charge < -0.3 is 5.32 Å². The highest BCUT2D eigenvalue weighted by molar-refractivity contribution is 5.37. The summed E-state index contributed by atoms with van der Waals surface area (Å²) in [6, 6.07) is 10.6. The van der Waals surface area contributed by atoms with Gasteiger partial charge >= 0.3 is 0 Å². The maximum absolute atomic E-state index is 13.2. The van der Waals surface area contributed by atoms with Crippen molar-refractivity contribution >= 4 is 5.95 Å². The Morgan fingerprint density at radius 1 is 1.14 bits per heavy atom. The Hall–Kier alpha value is -2.76. The van der Waals surface area contributed by atoms with Crippen molar-refractivity contribution in [3.8, 4) is 0 Å². The Labute approximate surface area is 126 Å². The van der Waals surface area contributed by atoms with E-state index in [0.717, 1.165) is 23.5 Å². The molecule has 1 aliphatic rings. The van der Waals surface area contributed by atoms with Gasteiger partial charge in [-0.3, -0.25) is 4.98 Å². The number of pyridine rings is 1. The third kappa shape index (κ3) is 2.22. The molecule has 0 unspecified atom stereocenters. The van der Waals surface area contributed by atoms with Crippen LogP contribution in [0.15, 0.2) is 55.1 Å². The Balaban J connectivity index is 1.73. The van der Waals surface area contributed by atoms with E-state index in [1.165, 1.54) is 18.5 Å². The summed E-state index contributed by atoms with van der Waals surface area (Å²) >= 11 is 0. The van der Waals surface area contributed by atoms with E-state index in [2.05, 4.69) is 20.4 Å². The summed E-state index contributed by atoms with van der Waals surface area (Å²) < 4.78 is 15.0. The lowest BCUT2D eigenvalue weighted by Crippen LogP contribution is -2.28. The van der Waals surface area contributed by atoms with E-state index in [9.17, 15) is 4.39 Å². The maximum atomic E-state index is 13.2. The molecular formula is C16H14FN5. The molecule has 1 N–H and O–H groups in total. The van der Waals surface area contributed by atoms with Crippen LogP contribution in [-0.4, -0.2) is 19.7 Å². The number of nitrogens with zero attached hydrogens (tertiary/aromatic N) is 4. The smallest absolute Gasteiger partial charge is 0.222 e. The zero-order chi connectivity index (χ0) is 14.9. The highest BCUT2D eigenvalue weighted by Crippen LogP contribution is 2.36. The van der Waals surface area contributed by atoms with Crippen LogP contribution in [-0.2, 0) is 0 Å². The number of anilines is 1. The molecule has 110 valence electrons. The van der Waals surface area contributed by atoms with E-state index in [-0.39, 0.29) is 17.9 Å². The quantitative estimate of drug-likeness (QED) is 0.789. The molecule has 4 rings (SSSR count). The van der Waals surface area contributed by atoms with Gasteiger partial charge in [0.15, 0.2) is 0 Å². The second-order valence-electron chi connectivity index (χ2n) is 5.31. The molecule has 22 heavy (non-hydrogen) atoms. The lowest BCUT2D eigenvalue weighted by molar-refractivity contribution is 0.430. The minimum absolute atomic E-state index is 0.0181. The summed E-state index contributed by atoms with van der Waals surface area (Å²) in [5, 5.41) is 7.68. The first kappa shape index (κ1) is 12.9. The van der Waals surface area contributed by atoms with Gasteiger partial charge in [-0.2, -0.15) is 10.1 Å². The lowest BCUT2D eigenvalue weighted by atomic mass is 9.94. The number of halogens is 1. The maximum Gasteiger partial charge on any atom is 0.222 e. The Kier molecular flexibility index (Phi) is 3.07. The van der Waals surface area contributed by atoms with E-state index in [4.69, 9.17) is 0 Å². The lowest BCUT2D eigenvalue weighted by Gasteiger charge is -2.31. The summed E-state index contributed by atoms with van der Waals surface area (Å²) in [5.41, 5.74) is 2.12. The van der Waals surface area contributed by atoms with Crippen molar-refractivity contribution in [2.45, 2.75) is 18.5 Å². The van der Waals surface area contributed by atoms with E-state index < -0.39 is 0 Å². The summed E-state index contributed by atoms with van der Waals surface area (Å²) in [6.07, 6.45) is 5.94. The molecule has 3 heterocycles. The second-order valence-corrected chi connectivity index (χ2v) is 5.31. The summed E-state index contributed by atoms with van der Waals surface area (Å²) in [6.45, 7) is 0. The first-order valence-electron chi connectivity index (χ1n) is 7.13. The molecule has 0 aliphatic carbocycles. The first-order valence-corrected chi connectivity index (χ1v) is 7.13. The molecule has 0 bridgehead atoms. The molecule has 6 heteroatoms. The molecule has 0 saturated carbocycles. The van der Waals surface area contributed by atoms with Crippen LogP contribution in [0.1, 0.15) is 29.6 Å². The van der Waals surface area contributed by atoms with E-state index in [1.54, 1.807) is 18.3 Å². The largest absolute Gasteiger partial charge is 0.347 e. The molecule has 1 aromatic carbocycles. The average Bonchev–Trinajstić information content (AvgIpc) is 3.04. The zero-order valence-corrected chi connectivity index (χ0v) is 11.7. The van der Waals surface area contributed by atoms with Crippen LogP contribution in [0.3, 0.4) is 0 Å². The van der Waals surface area contributed by atoms with Crippen LogP contribution in [0.5, 0.6) is 0 Å². The molecule has 1 aliphatic heterocycles. The number of rotatable bonds is 2. The van der Waals surface area contributed by atoms with E-state index >= 15 is 0 Å². The molecule has 0 saturated heterocycles. The van der Waals surface area contributed by atoms with E-state index in [1.807, 2.05) is 23.0 Å². The number of aromatic nitrogens is 4. The van der Waals surface area contributed by atoms with Gasteiger partial charge in [-0.1, -0.05) is 18.2 Å².